The number of rotatable bonds is 7. The number of thiophene rings is 1. The second-order valence-electron chi connectivity index (χ2n) is 20.7. The Morgan fingerprint density at radius 1 is 0.587 bits per heavy atom. The minimum atomic E-state index is -0.0465. The van der Waals surface area contributed by atoms with Gasteiger partial charge in [-0.1, -0.05) is 153 Å². The second kappa shape index (κ2) is 17.6. The molecule has 5 heterocycles. The largest absolute Gasteiger partial charge is 0.461 e. The standard InChI is InChI=1S/C70H52N2O2S/c1-3-49-50(52-22-15-29-66-69(52)54-20-9-12-28-65(54)75-66)21-13-24-58(47-38-42(2)67-53-19-8-11-26-61(53)74-64(67)41-47)71-70(49)55-23-14-27-63-68(55)57-40-46(35-37-62(57)73-63)44-32-30-43(31-33-44)45-34-36-60-56(39-45)51-18-7-10-25-59(51)72(60)48-16-5-4-6-17-48/h4-12,14-20,22-23,25-42,58,67H,3,13,21,24H2,1-2H3/b50-49+,71-70+. The molecule has 0 fully saturated rings. The van der Waals surface area contributed by atoms with E-state index in [2.05, 4.69) is 231 Å². The van der Waals surface area contributed by atoms with Crippen molar-refractivity contribution in [1.29, 1.82) is 0 Å². The van der Waals surface area contributed by atoms with Gasteiger partial charge in [-0.2, -0.15) is 0 Å². The molecule has 2 aliphatic heterocycles. The van der Waals surface area contributed by atoms with Crippen LogP contribution in [0.15, 0.2) is 239 Å². The molecule has 0 N–H and O–H groups in total. The van der Waals surface area contributed by atoms with Crippen LogP contribution in [0.3, 0.4) is 0 Å². The van der Waals surface area contributed by atoms with Crippen LogP contribution in [0, 0.1) is 5.92 Å². The number of nitrogens with zero attached hydrogens (tertiary/aromatic N) is 2. The van der Waals surface area contributed by atoms with Gasteiger partial charge in [-0.3, -0.25) is 4.99 Å². The molecule has 15 rings (SSSR count). The van der Waals surface area contributed by atoms with E-state index in [9.17, 15) is 0 Å². The monoisotopic (exact) mass is 984 g/mol. The van der Waals surface area contributed by atoms with Crippen LogP contribution in [0.25, 0.3) is 97.4 Å². The molecule has 3 atom stereocenters. The van der Waals surface area contributed by atoms with Crippen molar-refractivity contribution in [2.45, 2.75) is 51.5 Å². The van der Waals surface area contributed by atoms with E-state index in [1.165, 1.54) is 86.6 Å². The molecule has 75 heavy (non-hydrogen) atoms. The highest BCUT2D eigenvalue weighted by Crippen LogP contribution is 2.50. The van der Waals surface area contributed by atoms with Crippen LogP contribution in [-0.4, -0.2) is 16.3 Å². The number of para-hydroxylation sites is 3. The Balaban J connectivity index is 0.863. The summed E-state index contributed by atoms with van der Waals surface area (Å²) in [4.78, 5) is 6.04. The molecule has 3 aliphatic rings. The SMILES string of the molecule is CCC1=C(\c2cccc3sc4ccccc4c23)CCCC(C2=CC(C)C3C(=C2)Oc2ccccc23)/N=C\1c1cccc2oc3ccc(-c4ccc(-c5ccc6c(c5)c5ccccc5n6-c5ccccc5)cc4)cc3c12. The summed E-state index contributed by atoms with van der Waals surface area (Å²) in [6, 6.07) is 72.9. The molecule has 1 aliphatic carbocycles. The lowest BCUT2D eigenvalue weighted by molar-refractivity contribution is 0.400. The summed E-state index contributed by atoms with van der Waals surface area (Å²) in [5.74, 6) is 2.52. The van der Waals surface area contributed by atoms with E-state index in [0.717, 1.165) is 81.5 Å². The smallest absolute Gasteiger partial charge is 0.136 e. The first-order chi connectivity index (χ1) is 37.0. The lowest BCUT2D eigenvalue weighted by atomic mass is 9.79. The fourth-order valence-corrected chi connectivity index (χ4v) is 14.1. The summed E-state index contributed by atoms with van der Waals surface area (Å²) >= 11 is 1.89. The predicted molar refractivity (Wildman–Crippen MR) is 315 cm³/mol. The molecular formula is C70H52N2O2S. The van der Waals surface area contributed by atoms with Gasteiger partial charge >= 0.3 is 0 Å². The van der Waals surface area contributed by atoms with Crippen molar-refractivity contribution in [2.75, 3.05) is 0 Å². The van der Waals surface area contributed by atoms with E-state index in [-0.39, 0.29) is 17.9 Å². The van der Waals surface area contributed by atoms with Gasteiger partial charge in [-0.25, -0.2) is 0 Å². The molecule has 0 saturated carbocycles. The normalized spacial score (nSPS) is 19.4. The third kappa shape index (κ3) is 7.12. The lowest BCUT2D eigenvalue weighted by Gasteiger charge is -2.28. The van der Waals surface area contributed by atoms with E-state index in [1.54, 1.807) is 0 Å². The van der Waals surface area contributed by atoms with Crippen LogP contribution >= 0.6 is 11.3 Å². The molecule has 9 aromatic carbocycles. The molecular weight excluding hydrogens is 933 g/mol. The van der Waals surface area contributed by atoms with Gasteiger partial charge in [0.2, 0.25) is 0 Å². The summed E-state index contributed by atoms with van der Waals surface area (Å²) in [5, 5.41) is 7.38. The molecule has 12 aromatic rings. The Bertz CT molecular complexity index is 4430. The zero-order valence-electron chi connectivity index (χ0n) is 41.9. The number of aliphatic imine (C=N–C) groups is 1. The minimum absolute atomic E-state index is 0.0465. The molecule has 0 spiro atoms. The molecule has 0 bridgehead atoms. The van der Waals surface area contributed by atoms with Crippen molar-refractivity contribution in [3.63, 3.8) is 0 Å². The molecule has 0 saturated heterocycles. The maximum atomic E-state index is 6.81. The summed E-state index contributed by atoms with van der Waals surface area (Å²) in [6.45, 7) is 4.66. The van der Waals surface area contributed by atoms with Gasteiger partial charge in [-0.05, 0) is 149 Å². The highest BCUT2D eigenvalue weighted by molar-refractivity contribution is 7.25. The number of benzene rings is 9. The number of hydrogen-bond acceptors (Lipinski definition) is 4. The van der Waals surface area contributed by atoms with Gasteiger partial charge < -0.3 is 13.7 Å². The van der Waals surface area contributed by atoms with E-state index in [1.807, 2.05) is 11.3 Å². The number of aromatic nitrogens is 1. The molecule has 360 valence electrons. The zero-order chi connectivity index (χ0) is 49.7. The van der Waals surface area contributed by atoms with Crippen LogP contribution in [0.4, 0.5) is 0 Å². The van der Waals surface area contributed by atoms with Gasteiger partial charge in [0.1, 0.15) is 22.7 Å². The highest BCUT2D eigenvalue weighted by Gasteiger charge is 2.37. The first-order valence-electron chi connectivity index (χ1n) is 26.6. The van der Waals surface area contributed by atoms with Crippen LogP contribution in [0.1, 0.15) is 62.1 Å². The first-order valence-corrected chi connectivity index (χ1v) is 27.4. The summed E-state index contributed by atoms with van der Waals surface area (Å²) in [6.07, 6.45) is 8.54. The van der Waals surface area contributed by atoms with E-state index in [0.29, 0.717) is 0 Å². The van der Waals surface area contributed by atoms with E-state index < -0.39 is 0 Å². The van der Waals surface area contributed by atoms with Gasteiger partial charge in [0, 0.05) is 58.5 Å². The third-order valence-corrected chi connectivity index (χ3v) is 17.5. The number of furan rings is 1. The molecule has 3 unspecified atom stereocenters. The molecule has 0 radical (unpaired) electrons. The fraction of sp³-hybridized carbons (Fsp3) is 0.129. The second-order valence-corrected chi connectivity index (χ2v) is 21.7. The summed E-state index contributed by atoms with van der Waals surface area (Å²) in [5.41, 5.74) is 18.7. The molecule has 5 heteroatoms. The number of hydrogen-bond donors (Lipinski definition) is 0. The van der Waals surface area contributed by atoms with Crippen molar-refractivity contribution in [3.05, 3.63) is 246 Å². The van der Waals surface area contributed by atoms with Crippen molar-refractivity contribution < 1.29 is 9.15 Å². The number of fused-ring (bicyclic) bond motifs is 12. The Morgan fingerprint density at radius 3 is 2.13 bits per heavy atom. The van der Waals surface area contributed by atoms with Crippen molar-refractivity contribution in [1.82, 2.24) is 4.57 Å². The van der Waals surface area contributed by atoms with Crippen LogP contribution in [-0.2, 0) is 0 Å². The Kier molecular flexibility index (Phi) is 10.3. The first kappa shape index (κ1) is 44.0. The Labute approximate surface area is 439 Å². The average molecular weight is 985 g/mol. The summed E-state index contributed by atoms with van der Waals surface area (Å²) in [7, 11) is 0. The topological polar surface area (TPSA) is 39.7 Å². The maximum absolute atomic E-state index is 6.81. The summed E-state index contributed by atoms with van der Waals surface area (Å²) < 4.78 is 18.4. The molecule has 3 aromatic heterocycles. The fourth-order valence-electron chi connectivity index (χ4n) is 13.0. The number of allylic oxidation sites excluding steroid dienone is 4. The van der Waals surface area contributed by atoms with Crippen molar-refractivity contribution in [2.24, 2.45) is 10.9 Å². The number of ether oxygens (including phenoxy) is 1. The van der Waals surface area contributed by atoms with Gasteiger partial charge in [-0.15, -0.1) is 11.3 Å². The van der Waals surface area contributed by atoms with E-state index >= 15 is 0 Å². The van der Waals surface area contributed by atoms with Crippen molar-refractivity contribution in [3.8, 4) is 33.7 Å². The van der Waals surface area contributed by atoms with Crippen LogP contribution in [0.5, 0.6) is 5.75 Å². The maximum Gasteiger partial charge on any atom is 0.136 e. The minimum Gasteiger partial charge on any atom is -0.461 e. The molecule has 0 amide bonds. The average Bonchev–Trinajstić information content (AvgIpc) is 4.26. The van der Waals surface area contributed by atoms with Gasteiger partial charge in [0.15, 0.2) is 0 Å². The van der Waals surface area contributed by atoms with Crippen molar-refractivity contribution >= 4 is 86.5 Å². The quantitative estimate of drug-likeness (QED) is 0.160. The van der Waals surface area contributed by atoms with Gasteiger partial charge in [0.25, 0.3) is 0 Å². The van der Waals surface area contributed by atoms with Gasteiger partial charge in [0.05, 0.1) is 28.7 Å². The van der Waals surface area contributed by atoms with Crippen LogP contribution < -0.4 is 4.74 Å². The highest BCUT2D eigenvalue weighted by atomic mass is 32.1. The third-order valence-electron chi connectivity index (χ3n) is 16.4. The lowest BCUT2D eigenvalue weighted by Crippen LogP contribution is -2.21. The molecule has 4 nitrogen and oxygen atoms in total. The van der Waals surface area contributed by atoms with Crippen LogP contribution in [0.2, 0.25) is 0 Å². The Hall–Kier alpha value is -8.51. The predicted octanol–water partition coefficient (Wildman–Crippen LogP) is 19.2. The van der Waals surface area contributed by atoms with E-state index in [4.69, 9.17) is 14.1 Å². The zero-order valence-corrected chi connectivity index (χ0v) is 42.7. The Morgan fingerprint density at radius 2 is 1.28 bits per heavy atom.